The summed E-state index contributed by atoms with van der Waals surface area (Å²) in [5.41, 5.74) is 6.87. The van der Waals surface area contributed by atoms with Crippen molar-refractivity contribution >= 4 is 29.1 Å². The van der Waals surface area contributed by atoms with Gasteiger partial charge < -0.3 is 15.0 Å². The Hall–Kier alpha value is -4.00. The van der Waals surface area contributed by atoms with Crippen LogP contribution in [0, 0.1) is 6.92 Å². The lowest BCUT2D eigenvalue weighted by atomic mass is 9.99. The van der Waals surface area contributed by atoms with Crippen LogP contribution in [-0.2, 0) is 13.0 Å². The molecule has 0 aliphatic carbocycles. The number of aryl methyl sites for hydroxylation is 1. The van der Waals surface area contributed by atoms with Crippen molar-refractivity contribution in [3.8, 4) is 11.1 Å². The minimum absolute atomic E-state index is 0.124. The number of aromatic carboxylic acids is 1. The van der Waals surface area contributed by atoms with Crippen molar-refractivity contribution in [2.75, 3.05) is 11.4 Å². The molecular formula is C24H20N4O3. The monoisotopic (exact) mass is 412 g/mol. The molecule has 0 fully saturated rings. The predicted molar refractivity (Wildman–Crippen MR) is 118 cm³/mol. The maximum Gasteiger partial charge on any atom is 0.339 e. The molecule has 1 aliphatic heterocycles. The number of carboxylic acids is 1. The van der Waals surface area contributed by atoms with Crippen LogP contribution >= 0.6 is 0 Å². The molecule has 154 valence electrons. The summed E-state index contributed by atoms with van der Waals surface area (Å²) >= 11 is 0. The zero-order valence-corrected chi connectivity index (χ0v) is 16.9. The summed E-state index contributed by atoms with van der Waals surface area (Å²) in [7, 11) is 0. The molecule has 1 aliphatic rings. The summed E-state index contributed by atoms with van der Waals surface area (Å²) in [5.74, 6) is -0.474. The quantitative estimate of drug-likeness (QED) is 0.492. The highest BCUT2D eigenvalue weighted by Gasteiger charge is 2.23. The number of aromatic nitrogens is 3. The van der Waals surface area contributed by atoms with Gasteiger partial charge in [-0.25, -0.2) is 14.8 Å². The lowest BCUT2D eigenvalue weighted by Gasteiger charge is -2.27. The fraction of sp³-hybridized carbons (Fsp3) is 0.167. The summed E-state index contributed by atoms with van der Waals surface area (Å²) in [6.45, 7) is 3.10. The Morgan fingerprint density at radius 3 is 2.65 bits per heavy atom. The van der Waals surface area contributed by atoms with Crippen LogP contribution in [-0.4, -0.2) is 38.9 Å². The minimum Gasteiger partial charge on any atom is -0.478 e. The van der Waals surface area contributed by atoms with Gasteiger partial charge in [-0.3, -0.25) is 4.79 Å². The first-order chi connectivity index (χ1) is 15.0. The Labute approximate surface area is 178 Å². The Morgan fingerprint density at radius 2 is 1.94 bits per heavy atom. The number of carbonyl (C=O) groups excluding carboxylic acids is 1. The van der Waals surface area contributed by atoms with Crippen LogP contribution in [0.4, 0.5) is 5.95 Å². The third kappa shape index (κ3) is 3.34. The van der Waals surface area contributed by atoms with E-state index in [0.717, 1.165) is 41.3 Å². The predicted octanol–water partition coefficient (Wildman–Crippen LogP) is 4.01. The van der Waals surface area contributed by atoms with Crippen molar-refractivity contribution in [3.63, 3.8) is 0 Å². The summed E-state index contributed by atoms with van der Waals surface area (Å²) in [6, 6.07) is 13.9. The van der Waals surface area contributed by atoms with Gasteiger partial charge in [-0.1, -0.05) is 30.3 Å². The van der Waals surface area contributed by atoms with Gasteiger partial charge in [0.25, 0.3) is 0 Å². The SMILES string of the molecule is Cc1nc(N2CCc3[nH]c4ccc(-c5ccc(C=O)cc5)cc4c3C2)ncc1C(=O)O. The number of aromatic amines is 1. The first-order valence-corrected chi connectivity index (χ1v) is 10.0. The molecule has 2 aromatic heterocycles. The van der Waals surface area contributed by atoms with Gasteiger partial charge in [0.2, 0.25) is 5.95 Å². The van der Waals surface area contributed by atoms with Gasteiger partial charge in [0, 0.05) is 53.4 Å². The van der Waals surface area contributed by atoms with Crippen molar-refractivity contribution < 1.29 is 14.7 Å². The molecule has 7 heteroatoms. The molecule has 0 saturated carbocycles. The summed E-state index contributed by atoms with van der Waals surface area (Å²) < 4.78 is 0. The largest absolute Gasteiger partial charge is 0.478 e. The van der Waals surface area contributed by atoms with Gasteiger partial charge in [-0.05, 0) is 30.2 Å². The second-order valence-electron chi connectivity index (χ2n) is 7.73. The zero-order chi connectivity index (χ0) is 21.5. The average Bonchev–Trinajstić information content (AvgIpc) is 3.16. The second-order valence-corrected chi connectivity index (χ2v) is 7.73. The van der Waals surface area contributed by atoms with Crippen molar-refractivity contribution in [2.24, 2.45) is 0 Å². The topological polar surface area (TPSA) is 99.2 Å². The first kappa shape index (κ1) is 19.0. The van der Waals surface area contributed by atoms with E-state index in [9.17, 15) is 14.7 Å². The summed E-state index contributed by atoms with van der Waals surface area (Å²) in [6.07, 6.45) is 3.05. The first-order valence-electron chi connectivity index (χ1n) is 10.0. The number of aldehydes is 1. The molecule has 2 N–H and O–H groups in total. The number of nitrogens with one attached hydrogen (secondary N) is 1. The molecule has 3 heterocycles. The molecule has 0 radical (unpaired) electrons. The van der Waals surface area contributed by atoms with Gasteiger partial charge in [-0.2, -0.15) is 0 Å². The van der Waals surface area contributed by atoms with Crippen molar-refractivity contribution in [1.82, 2.24) is 15.0 Å². The smallest absolute Gasteiger partial charge is 0.339 e. The highest BCUT2D eigenvalue weighted by molar-refractivity contribution is 5.90. The lowest BCUT2D eigenvalue weighted by Crippen LogP contribution is -2.31. The molecule has 0 atom stereocenters. The van der Waals surface area contributed by atoms with E-state index in [1.54, 1.807) is 6.92 Å². The van der Waals surface area contributed by atoms with E-state index < -0.39 is 5.97 Å². The summed E-state index contributed by atoms with van der Waals surface area (Å²) in [5, 5.41) is 10.4. The van der Waals surface area contributed by atoms with Gasteiger partial charge in [0.05, 0.1) is 11.3 Å². The van der Waals surface area contributed by atoms with E-state index in [2.05, 4.69) is 38.1 Å². The molecule has 5 rings (SSSR count). The molecule has 2 aromatic carbocycles. The molecule has 0 bridgehead atoms. The number of anilines is 1. The third-order valence-electron chi connectivity index (χ3n) is 5.84. The number of hydrogen-bond donors (Lipinski definition) is 2. The van der Waals surface area contributed by atoms with E-state index in [0.29, 0.717) is 23.8 Å². The number of carboxylic acid groups (broad SMARTS) is 1. The molecule has 0 unspecified atom stereocenters. The van der Waals surface area contributed by atoms with Crippen molar-refractivity contribution in [3.05, 3.63) is 76.7 Å². The Balaban J connectivity index is 1.50. The van der Waals surface area contributed by atoms with Crippen LogP contribution in [0.3, 0.4) is 0 Å². The van der Waals surface area contributed by atoms with Crippen LogP contribution < -0.4 is 4.90 Å². The van der Waals surface area contributed by atoms with Crippen LogP contribution in [0.2, 0.25) is 0 Å². The maximum atomic E-state index is 11.3. The third-order valence-corrected chi connectivity index (χ3v) is 5.84. The number of benzene rings is 2. The van der Waals surface area contributed by atoms with E-state index in [4.69, 9.17) is 0 Å². The molecule has 0 saturated heterocycles. The van der Waals surface area contributed by atoms with Crippen LogP contribution in [0.25, 0.3) is 22.0 Å². The molecule has 7 nitrogen and oxygen atoms in total. The van der Waals surface area contributed by atoms with Crippen molar-refractivity contribution in [1.29, 1.82) is 0 Å². The van der Waals surface area contributed by atoms with Gasteiger partial charge in [0.1, 0.15) is 6.29 Å². The molecular weight excluding hydrogens is 392 g/mol. The zero-order valence-electron chi connectivity index (χ0n) is 16.9. The Bertz CT molecular complexity index is 1320. The fourth-order valence-electron chi connectivity index (χ4n) is 4.14. The number of hydrogen-bond acceptors (Lipinski definition) is 5. The second kappa shape index (κ2) is 7.36. The van der Waals surface area contributed by atoms with E-state index in [-0.39, 0.29) is 5.56 Å². The van der Waals surface area contributed by atoms with Gasteiger partial charge in [-0.15, -0.1) is 0 Å². The number of rotatable bonds is 4. The Kier molecular flexibility index (Phi) is 4.51. The highest BCUT2D eigenvalue weighted by Crippen LogP contribution is 2.32. The molecule has 0 spiro atoms. The van der Waals surface area contributed by atoms with Crippen LogP contribution in [0.15, 0.2) is 48.7 Å². The molecule has 4 aromatic rings. The average molecular weight is 412 g/mol. The van der Waals surface area contributed by atoms with E-state index >= 15 is 0 Å². The number of H-pyrrole nitrogens is 1. The molecule has 0 amide bonds. The van der Waals surface area contributed by atoms with Gasteiger partial charge >= 0.3 is 5.97 Å². The van der Waals surface area contributed by atoms with Gasteiger partial charge in [0.15, 0.2) is 0 Å². The van der Waals surface area contributed by atoms with Crippen LogP contribution in [0.5, 0.6) is 0 Å². The van der Waals surface area contributed by atoms with E-state index in [1.807, 2.05) is 24.3 Å². The van der Waals surface area contributed by atoms with E-state index in [1.165, 1.54) is 17.5 Å². The fourth-order valence-corrected chi connectivity index (χ4v) is 4.14. The minimum atomic E-state index is -1.02. The number of nitrogens with zero attached hydrogens (tertiary/aromatic N) is 3. The maximum absolute atomic E-state index is 11.3. The summed E-state index contributed by atoms with van der Waals surface area (Å²) in [4.78, 5) is 36.5. The standard InChI is InChI=1S/C24H20N4O3/c1-14-19(23(30)31)11-25-24(26-14)28-9-8-22-20(12-28)18-10-17(6-7-21(18)27-22)16-4-2-15(13-29)3-5-16/h2-7,10-11,13,27H,8-9,12H2,1H3,(H,30,31). The molecule has 31 heavy (non-hydrogen) atoms. The number of carbonyl (C=O) groups is 2. The Morgan fingerprint density at radius 1 is 1.16 bits per heavy atom. The highest BCUT2D eigenvalue weighted by atomic mass is 16.4. The lowest BCUT2D eigenvalue weighted by molar-refractivity contribution is 0.0695. The van der Waals surface area contributed by atoms with Crippen LogP contribution in [0.1, 0.15) is 37.7 Å². The number of fused-ring (bicyclic) bond motifs is 3. The normalized spacial score (nSPS) is 13.3. The van der Waals surface area contributed by atoms with Crippen molar-refractivity contribution in [2.45, 2.75) is 19.9 Å².